The van der Waals surface area contributed by atoms with Crippen molar-refractivity contribution in [2.75, 3.05) is 54.0 Å². The van der Waals surface area contributed by atoms with E-state index in [4.69, 9.17) is 19.3 Å². The van der Waals surface area contributed by atoms with Crippen molar-refractivity contribution in [3.63, 3.8) is 0 Å². The smallest absolute Gasteiger partial charge is 0.320 e. The van der Waals surface area contributed by atoms with E-state index in [1.54, 1.807) is 11.9 Å². The molecule has 3 unspecified atom stereocenters. The molecule has 3 atom stereocenters. The number of nitrogens with one attached hydrogen (secondary N) is 1. The van der Waals surface area contributed by atoms with Crippen LogP contribution in [-0.4, -0.2) is 97.0 Å². The first kappa shape index (κ1) is 34.7. The lowest BCUT2D eigenvalue weighted by Crippen LogP contribution is -2.47. The maximum absolute atomic E-state index is 13.6. The molecule has 0 bridgehead atoms. The average molecular weight is 604 g/mol. The predicted octanol–water partition coefficient (Wildman–Crippen LogP) is 3.64. The number of methoxy groups -OCH3 is 1. The van der Waals surface area contributed by atoms with Crippen molar-refractivity contribution in [1.82, 2.24) is 24.9 Å². The first-order chi connectivity index (χ1) is 20.2. The Morgan fingerprint density at radius 3 is 2.53 bits per heavy atom. The highest BCUT2D eigenvalue weighted by Gasteiger charge is 2.48. The van der Waals surface area contributed by atoms with Gasteiger partial charge >= 0.3 is 11.9 Å². The average Bonchev–Trinajstić information content (AvgIpc) is 3.37. The van der Waals surface area contributed by atoms with E-state index in [-0.39, 0.29) is 30.6 Å². The number of hydrogen-bond acceptors (Lipinski definition) is 9. The maximum Gasteiger partial charge on any atom is 0.320 e. The lowest BCUT2D eigenvalue weighted by molar-refractivity contribution is -0.154. The van der Waals surface area contributed by atoms with Gasteiger partial charge in [-0.05, 0) is 71.4 Å². The van der Waals surface area contributed by atoms with E-state index in [1.807, 2.05) is 65.5 Å². The molecule has 1 fully saturated rings. The number of allylic oxidation sites excluding steroid dienone is 1. The quantitative estimate of drug-likeness (QED) is 0.282. The van der Waals surface area contributed by atoms with Crippen LogP contribution in [0.3, 0.4) is 0 Å². The number of amides is 1. The molecule has 43 heavy (non-hydrogen) atoms. The van der Waals surface area contributed by atoms with E-state index in [1.165, 1.54) is 7.11 Å². The fraction of sp³-hybridized carbons (Fsp3) is 0.750. The number of aromatic nitrogens is 2. The van der Waals surface area contributed by atoms with Gasteiger partial charge in [0.05, 0.1) is 31.2 Å². The summed E-state index contributed by atoms with van der Waals surface area (Å²) in [6.07, 6.45) is 7.32. The van der Waals surface area contributed by atoms with Gasteiger partial charge in [-0.2, -0.15) is 5.10 Å². The van der Waals surface area contributed by atoms with Gasteiger partial charge < -0.3 is 29.3 Å². The Hall–Kier alpha value is -2.76. The zero-order valence-corrected chi connectivity index (χ0v) is 27.7. The molecule has 11 heteroatoms. The Morgan fingerprint density at radius 1 is 1.21 bits per heavy atom. The highest BCUT2D eigenvalue weighted by atomic mass is 16.6. The molecule has 242 valence electrons. The number of nitrogens with zero attached hydrogens (tertiary/aromatic N) is 4. The molecular formula is C32H53N5O6. The van der Waals surface area contributed by atoms with Crippen LogP contribution in [0.25, 0.3) is 5.57 Å². The molecule has 1 saturated heterocycles. The second-order valence-corrected chi connectivity index (χ2v) is 13.4. The molecule has 1 aromatic rings. The minimum absolute atomic E-state index is 0.0246. The zero-order chi connectivity index (χ0) is 31.9. The molecule has 2 heterocycles. The van der Waals surface area contributed by atoms with Crippen LogP contribution in [0.4, 0.5) is 0 Å². The first-order valence-corrected chi connectivity index (χ1v) is 15.5. The van der Waals surface area contributed by atoms with Gasteiger partial charge in [0.2, 0.25) is 5.91 Å². The van der Waals surface area contributed by atoms with Crippen LogP contribution in [0, 0.1) is 17.3 Å². The van der Waals surface area contributed by atoms with Crippen LogP contribution in [0.5, 0.6) is 0 Å². The molecule has 1 aromatic heterocycles. The van der Waals surface area contributed by atoms with E-state index in [9.17, 15) is 14.4 Å². The van der Waals surface area contributed by atoms with Gasteiger partial charge in [0.1, 0.15) is 11.8 Å². The third-order valence-electron chi connectivity index (χ3n) is 8.46. The highest BCUT2D eigenvalue weighted by Crippen LogP contribution is 2.48. The standard InChI is InChI=1S/C32H53N5O6/c1-10-36(8)29(39)24-17-22(18-25(30(40)41-9)32(24,5)6)28-23(21-37(34-28)26-13-11-12-16-42-26)20-35(7)15-14-33-19-27(38)43-31(2,3)4/h17,21,24-26,33H,10-16,18-20H2,1-9H3. The SMILES string of the molecule is CCN(C)C(=O)C1C=C(c2nn(C3CCCCO3)cc2CN(C)CCNCC(=O)OC(C)(C)C)CC(C(=O)OC)C1(C)C. The van der Waals surface area contributed by atoms with Crippen molar-refractivity contribution >= 4 is 23.4 Å². The van der Waals surface area contributed by atoms with Crippen LogP contribution in [0.2, 0.25) is 0 Å². The van der Waals surface area contributed by atoms with E-state index >= 15 is 0 Å². The summed E-state index contributed by atoms with van der Waals surface area (Å²) < 4.78 is 18.6. The maximum atomic E-state index is 13.6. The van der Waals surface area contributed by atoms with Crippen molar-refractivity contribution in [1.29, 1.82) is 0 Å². The van der Waals surface area contributed by atoms with E-state index < -0.39 is 22.9 Å². The summed E-state index contributed by atoms with van der Waals surface area (Å²) in [7, 11) is 5.21. The second kappa shape index (κ2) is 14.8. The molecule has 0 spiro atoms. The minimum Gasteiger partial charge on any atom is -0.469 e. The van der Waals surface area contributed by atoms with Gasteiger partial charge in [0.25, 0.3) is 0 Å². The van der Waals surface area contributed by atoms with Crippen LogP contribution in [0.1, 0.15) is 84.7 Å². The van der Waals surface area contributed by atoms with Crippen molar-refractivity contribution in [2.24, 2.45) is 17.3 Å². The van der Waals surface area contributed by atoms with Crippen LogP contribution < -0.4 is 5.32 Å². The van der Waals surface area contributed by atoms with E-state index in [0.29, 0.717) is 39.2 Å². The van der Waals surface area contributed by atoms with Crippen LogP contribution >= 0.6 is 0 Å². The Kier molecular flexibility index (Phi) is 12.0. The monoisotopic (exact) mass is 603 g/mol. The number of ether oxygens (including phenoxy) is 3. The van der Waals surface area contributed by atoms with E-state index in [2.05, 4.69) is 10.2 Å². The summed E-state index contributed by atoms with van der Waals surface area (Å²) in [5.41, 5.74) is 1.50. The van der Waals surface area contributed by atoms with E-state index in [0.717, 1.165) is 36.1 Å². The number of hydrogen-bond donors (Lipinski definition) is 1. The molecule has 3 rings (SSSR count). The number of rotatable bonds is 12. The van der Waals surface area contributed by atoms with Gasteiger partial charge in [0, 0.05) is 51.6 Å². The molecule has 1 amide bonds. The topological polar surface area (TPSA) is 115 Å². The number of carbonyl (C=O) groups is 3. The molecule has 2 aliphatic rings. The van der Waals surface area contributed by atoms with Crippen molar-refractivity contribution in [3.05, 3.63) is 23.5 Å². The molecule has 11 nitrogen and oxygen atoms in total. The van der Waals surface area contributed by atoms with Gasteiger partial charge in [0.15, 0.2) is 0 Å². The zero-order valence-electron chi connectivity index (χ0n) is 27.7. The van der Waals surface area contributed by atoms with Crippen molar-refractivity contribution < 1.29 is 28.6 Å². The summed E-state index contributed by atoms with van der Waals surface area (Å²) in [4.78, 5) is 42.6. The molecule has 0 radical (unpaired) electrons. The minimum atomic E-state index is -0.636. The number of esters is 2. The van der Waals surface area contributed by atoms with Gasteiger partial charge in [-0.15, -0.1) is 0 Å². The first-order valence-electron chi connectivity index (χ1n) is 15.5. The largest absolute Gasteiger partial charge is 0.469 e. The van der Waals surface area contributed by atoms with Crippen molar-refractivity contribution in [3.8, 4) is 0 Å². The lowest BCUT2D eigenvalue weighted by Gasteiger charge is -2.42. The summed E-state index contributed by atoms with van der Waals surface area (Å²) in [5, 5.41) is 8.20. The fourth-order valence-electron chi connectivity index (χ4n) is 5.77. The molecular weight excluding hydrogens is 550 g/mol. The third kappa shape index (κ3) is 9.12. The summed E-state index contributed by atoms with van der Waals surface area (Å²) >= 11 is 0. The Labute approximate surface area is 257 Å². The molecule has 1 aliphatic carbocycles. The third-order valence-corrected chi connectivity index (χ3v) is 8.46. The molecule has 0 saturated carbocycles. The van der Waals surface area contributed by atoms with Crippen LogP contribution in [-0.2, 0) is 35.1 Å². The summed E-state index contributed by atoms with van der Waals surface area (Å²) in [5.74, 6) is -1.64. The van der Waals surface area contributed by atoms with Crippen LogP contribution in [0.15, 0.2) is 12.3 Å². The fourth-order valence-corrected chi connectivity index (χ4v) is 5.77. The highest BCUT2D eigenvalue weighted by molar-refractivity contribution is 5.88. The second-order valence-electron chi connectivity index (χ2n) is 13.4. The summed E-state index contributed by atoms with van der Waals surface area (Å²) in [6, 6.07) is 0. The Balaban J connectivity index is 1.89. The predicted molar refractivity (Wildman–Crippen MR) is 165 cm³/mol. The van der Waals surface area contributed by atoms with Gasteiger partial charge in [-0.3, -0.25) is 14.4 Å². The number of carbonyl (C=O) groups excluding carboxylic acids is 3. The van der Waals surface area contributed by atoms with Crippen molar-refractivity contribution in [2.45, 2.75) is 85.6 Å². The van der Waals surface area contributed by atoms with Gasteiger partial charge in [-0.1, -0.05) is 19.9 Å². The molecule has 1 N–H and O–H groups in total. The Bertz CT molecular complexity index is 1150. The lowest BCUT2D eigenvalue weighted by atomic mass is 9.62. The number of likely N-dealkylation sites (N-methyl/N-ethyl adjacent to an activating group) is 1. The summed E-state index contributed by atoms with van der Waals surface area (Å²) in [6.45, 7) is 14.7. The molecule has 1 aliphatic heterocycles. The molecule has 0 aromatic carbocycles. The Morgan fingerprint density at radius 2 is 1.93 bits per heavy atom. The van der Waals surface area contributed by atoms with Gasteiger partial charge in [-0.25, -0.2) is 4.68 Å². The normalized spacial score (nSPS) is 22.2.